The summed E-state index contributed by atoms with van der Waals surface area (Å²) in [5, 5.41) is 3.34. The predicted octanol–water partition coefficient (Wildman–Crippen LogP) is 2.51. The second-order valence-corrected chi connectivity index (χ2v) is 4.43. The van der Waals surface area contributed by atoms with Gasteiger partial charge in [0.15, 0.2) is 0 Å². The molecule has 0 amide bonds. The number of ether oxygens (including phenoxy) is 1. The van der Waals surface area contributed by atoms with Crippen molar-refractivity contribution in [2.75, 3.05) is 19.7 Å². The highest BCUT2D eigenvalue weighted by atomic mass is 19.1. The van der Waals surface area contributed by atoms with Crippen LogP contribution in [-0.4, -0.2) is 19.7 Å². The molecule has 1 aliphatic rings. The van der Waals surface area contributed by atoms with E-state index in [1.54, 1.807) is 6.07 Å². The van der Waals surface area contributed by atoms with Gasteiger partial charge in [-0.05, 0) is 37.9 Å². The standard InChI is InChI=1S/C13H18FNO/c1-10-4-5-12(14)7-13(10)16-9-11-3-2-6-15-8-11/h4-5,7,11,15H,2-3,6,8-9H2,1H3. The van der Waals surface area contributed by atoms with Gasteiger partial charge in [0, 0.05) is 18.5 Å². The fourth-order valence-electron chi connectivity index (χ4n) is 2.00. The van der Waals surface area contributed by atoms with Gasteiger partial charge in [0.1, 0.15) is 11.6 Å². The number of nitrogens with one attached hydrogen (secondary N) is 1. The lowest BCUT2D eigenvalue weighted by Crippen LogP contribution is -2.33. The Morgan fingerprint density at radius 2 is 2.38 bits per heavy atom. The van der Waals surface area contributed by atoms with Crippen LogP contribution in [0.25, 0.3) is 0 Å². The quantitative estimate of drug-likeness (QED) is 0.850. The van der Waals surface area contributed by atoms with Crippen LogP contribution in [0.3, 0.4) is 0 Å². The van der Waals surface area contributed by atoms with E-state index >= 15 is 0 Å². The van der Waals surface area contributed by atoms with Gasteiger partial charge in [-0.1, -0.05) is 6.07 Å². The first-order valence-electron chi connectivity index (χ1n) is 5.85. The lowest BCUT2D eigenvalue weighted by atomic mass is 10.0. The molecular formula is C13H18FNO. The molecule has 1 saturated heterocycles. The smallest absolute Gasteiger partial charge is 0.126 e. The number of halogens is 1. The van der Waals surface area contributed by atoms with Crippen LogP contribution >= 0.6 is 0 Å². The third-order valence-corrected chi connectivity index (χ3v) is 3.02. The Kier molecular flexibility index (Phi) is 3.78. The Labute approximate surface area is 95.8 Å². The molecule has 16 heavy (non-hydrogen) atoms. The minimum absolute atomic E-state index is 0.234. The van der Waals surface area contributed by atoms with Crippen LogP contribution in [0.4, 0.5) is 4.39 Å². The maximum Gasteiger partial charge on any atom is 0.126 e. The molecule has 2 nitrogen and oxygen atoms in total. The SMILES string of the molecule is Cc1ccc(F)cc1OCC1CCCNC1. The van der Waals surface area contributed by atoms with Crippen molar-refractivity contribution in [3.8, 4) is 5.75 Å². The van der Waals surface area contributed by atoms with E-state index in [4.69, 9.17) is 4.74 Å². The van der Waals surface area contributed by atoms with Crippen molar-refractivity contribution < 1.29 is 9.13 Å². The van der Waals surface area contributed by atoms with E-state index in [1.165, 1.54) is 25.0 Å². The summed E-state index contributed by atoms with van der Waals surface area (Å²) < 4.78 is 18.7. The van der Waals surface area contributed by atoms with E-state index in [2.05, 4.69) is 5.32 Å². The first kappa shape index (κ1) is 11.4. The second kappa shape index (κ2) is 5.30. The number of hydrogen-bond donors (Lipinski definition) is 1. The molecule has 1 aromatic rings. The topological polar surface area (TPSA) is 21.3 Å². The Morgan fingerprint density at radius 3 is 3.12 bits per heavy atom. The lowest BCUT2D eigenvalue weighted by Gasteiger charge is -2.23. The average molecular weight is 223 g/mol. The van der Waals surface area contributed by atoms with Crippen LogP contribution in [0.5, 0.6) is 5.75 Å². The minimum Gasteiger partial charge on any atom is -0.493 e. The molecule has 0 aliphatic carbocycles. The summed E-state index contributed by atoms with van der Waals surface area (Å²) >= 11 is 0. The molecule has 0 saturated carbocycles. The maximum absolute atomic E-state index is 13.0. The molecule has 1 unspecified atom stereocenters. The van der Waals surface area contributed by atoms with Crippen molar-refractivity contribution in [1.29, 1.82) is 0 Å². The number of aryl methyl sites for hydroxylation is 1. The van der Waals surface area contributed by atoms with Crippen molar-refractivity contribution >= 4 is 0 Å². The van der Waals surface area contributed by atoms with Crippen LogP contribution in [-0.2, 0) is 0 Å². The molecule has 1 aromatic carbocycles. The van der Waals surface area contributed by atoms with Crippen LogP contribution in [0, 0.1) is 18.7 Å². The predicted molar refractivity (Wildman–Crippen MR) is 62.2 cm³/mol. The molecule has 1 N–H and O–H groups in total. The lowest BCUT2D eigenvalue weighted by molar-refractivity contribution is 0.217. The summed E-state index contributed by atoms with van der Waals surface area (Å²) in [5.41, 5.74) is 0.991. The molecule has 0 bridgehead atoms. The third kappa shape index (κ3) is 2.95. The van der Waals surface area contributed by atoms with E-state index in [1.807, 2.05) is 6.92 Å². The minimum atomic E-state index is -0.234. The molecule has 0 aromatic heterocycles. The van der Waals surface area contributed by atoms with Crippen molar-refractivity contribution in [2.24, 2.45) is 5.92 Å². The van der Waals surface area contributed by atoms with Gasteiger partial charge in [0.2, 0.25) is 0 Å². The Hall–Kier alpha value is -1.09. The molecule has 1 aliphatic heterocycles. The summed E-state index contributed by atoms with van der Waals surface area (Å²) in [4.78, 5) is 0. The zero-order chi connectivity index (χ0) is 11.4. The van der Waals surface area contributed by atoms with E-state index < -0.39 is 0 Å². The molecule has 0 spiro atoms. The van der Waals surface area contributed by atoms with Crippen LogP contribution in [0.1, 0.15) is 18.4 Å². The van der Waals surface area contributed by atoms with Gasteiger partial charge in [-0.2, -0.15) is 0 Å². The van der Waals surface area contributed by atoms with Crippen molar-refractivity contribution in [1.82, 2.24) is 5.32 Å². The van der Waals surface area contributed by atoms with E-state index in [-0.39, 0.29) is 5.82 Å². The van der Waals surface area contributed by atoms with E-state index in [9.17, 15) is 4.39 Å². The molecule has 1 atom stereocenters. The molecular weight excluding hydrogens is 205 g/mol. The van der Waals surface area contributed by atoms with Gasteiger partial charge >= 0.3 is 0 Å². The third-order valence-electron chi connectivity index (χ3n) is 3.02. The molecule has 0 radical (unpaired) electrons. The fraction of sp³-hybridized carbons (Fsp3) is 0.538. The van der Waals surface area contributed by atoms with Gasteiger partial charge in [-0.25, -0.2) is 4.39 Å². The molecule has 88 valence electrons. The average Bonchev–Trinajstić information content (AvgIpc) is 2.32. The highest BCUT2D eigenvalue weighted by Gasteiger charge is 2.14. The second-order valence-electron chi connectivity index (χ2n) is 4.43. The van der Waals surface area contributed by atoms with Gasteiger partial charge in [0.25, 0.3) is 0 Å². The number of hydrogen-bond acceptors (Lipinski definition) is 2. The van der Waals surface area contributed by atoms with Crippen LogP contribution in [0.2, 0.25) is 0 Å². The largest absolute Gasteiger partial charge is 0.493 e. The van der Waals surface area contributed by atoms with Crippen molar-refractivity contribution in [3.63, 3.8) is 0 Å². The monoisotopic (exact) mass is 223 g/mol. The molecule has 1 heterocycles. The first-order chi connectivity index (χ1) is 7.75. The summed E-state index contributed by atoms with van der Waals surface area (Å²) in [6.07, 6.45) is 2.40. The Morgan fingerprint density at radius 1 is 1.50 bits per heavy atom. The summed E-state index contributed by atoms with van der Waals surface area (Å²) in [6, 6.07) is 4.68. The highest BCUT2D eigenvalue weighted by Crippen LogP contribution is 2.20. The van der Waals surface area contributed by atoms with Crippen molar-refractivity contribution in [3.05, 3.63) is 29.6 Å². The number of rotatable bonds is 3. The highest BCUT2D eigenvalue weighted by molar-refractivity contribution is 5.32. The zero-order valence-corrected chi connectivity index (χ0v) is 9.63. The van der Waals surface area contributed by atoms with Gasteiger partial charge in [-0.15, -0.1) is 0 Å². The normalized spacial score (nSPS) is 20.8. The molecule has 1 fully saturated rings. The first-order valence-corrected chi connectivity index (χ1v) is 5.85. The maximum atomic E-state index is 13.0. The molecule has 3 heteroatoms. The van der Waals surface area contributed by atoms with Crippen LogP contribution in [0.15, 0.2) is 18.2 Å². The van der Waals surface area contributed by atoms with E-state index in [0.29, 0.717) is 18.3 Å². The van der Waals surface area contributed by atoms with E-state index in [0.717, 1.165) is 18.7 Å². The summed E-state index contributed by atoms with van der Waals surface area (Å²) in [5.74, 6) is 0.990. The number of piperidine rings is 1. The summed E-state index contributed by atoms with van der Waals surface area (Å²) in [6.45, 7) is 4.73. The van der Waals surface area contributed by atoms with Gasteiger partial charge in [-0.3, -0.25) is 0 Å². The van der Waals surface area contributed by atoms with Gasteiger partial charge in [0.05, 0.1) is 6.61 Å². The van der Waals surface area contributed by atoms with Crippen molar-refractivity contribution in [2.45, 2.75) is 19.8 Å². The Bertz CT molecular complexity index is 348. The fourth-order valence-corrected chi connectivity index (χ4v) is 2.00. The van der Waals surface area contributed by atoms with Gasteiger partial charge < -0.3 is 10.1 Å². The zero-order valence-electron chi connectivity index (χ0n) is 9.63. The Balaban J connectivity index is 1.90. The summed E-state index contributed by atoms with van der Waals surface area (Å²) in [7, 11) is 0. The molecule has 2 rings (SSSR count). The number of benzene rings is 1. The van der Waals surface area contributed by atoms with Crippen LogP contribution < -0.4 is 10.1 Å².